The summed E-state index contributed by atoms with van der Waals surface area (Å²) in [6.07, 6.45) is 1.96. The van der Waals surface area contributed by atoms with Crippen LogP contribution in [0.25, 0.3) is 10.8 Å². The molecule has 132 valence electrons. The van der Waals surface area contributed by atoms with Crippen LogP contribution in [0.5, 0.6) is 0 Å². The van der Waals surface area contributed by atoms with Gasteiger partial charge in [0.15, 0.2) is 0 Å². The van der Waals surface area contributed by atoms with E-state index in [1.807, 2.05) is 12.1 Å². The van der Waals surface area contributed by atoms with Crippen molar-refractivity contribution in [1.82, 2.24) is 10.4 Å². The lowest BCUT2D eigenvalue weighted by Gasteiger charge is -2.29. The second-order valence-electron chi connectivity index (χ2n) is 6.84. The maximum Gasteiger partial charge on any atom is 0.274 e. The molecule has 3 aromatic carbocycles. The molecule has 1 heterocycles. The molecule has 0 aromatic heterocycles. The van der Waals surface area contributed by atoms with Gasteiger partial charge in [0.25, 0.3) is 5.91 Å². The highest BCUT2D eigenvalue weighted by atomic mass is 16.5. The zero-order valence-electron chi connectivity index (χ0n) is 14.6. The van der Waals surface area contributed by atoms with Crippen LogP contribution < -0.4 is 5.48 Å². The number of carbonyl (C=O) groups excluding carboxylic acids is 1. The summed E-state index contributed by atoms with van der Waals surface area (Å²) < 4.78 is 0. The van der Waals surface area contributed by atoms with E-state index in [0.717, 1.165) is 32.5 Å². The summed E-state index contributed by atoms with van der Waals surface area (Å²) in [4.78, 5) is 14.0. The summed E-state index contributed by atoms with van der Waals surface area (Å²) in [5.74, 6) is -0.453. The summed E-state index contributed by atoms with van der Waals surface area (Å²) in [5.41, 5.74) is 6.07. The number of fused-ring (bicyclic) bond motifs is 2. The third-order valence-corrected chi connectivity index (χ3v) is 5.24. The average Bonchev–Trinajstić information content (AvgIpc) is 2.71. The quantitative estimate of drug-likeness (QED) is 0.561. The van der Waals surface area contributed by atoms with Crippen LogP contribution in [-0.2, 0) is 19.4 Å². The van der Waals surface area contributed by atoms with Crippen molar-refractivity contribution in [2.75, 3.05) is 13.1 Å². The van der Waals surface area contributed by atoms with Gasteiger partial charge >= 0.3 is 0 Å². The van der Waals surface area contributed by atoms with Crippen molar-refractivity contribution in [2.24, 2.45) is 0 Å². The lowest BCUT2D eigenvalue weighted by atomic mass is 9.96. The van der Waals surface area contributed by atoms with Crippen LogP contribution in [-0.4, -0.2) is 29.1 Å². The molecule has 4 heteroatoms. The Labute approximate surface area is 153 Å². The molecule has 0 unspecified atom stereocenters. The van der Waals surface area contributed by atoms with Gasteiger partial charge in [-0.2, -0.15) is 0 Å². The number of hydrogen-bond acceptors (Lipinski definition) is 3. The number of benzene rings is 3. The van der Waals surface area contributed by atoms with Gasteiger partial charge in [0.2, 0.25) is 0 Å². The molecule has 3 aromatic rings. The summed E-state index contributed by atoms with van der Waals surface area (Å²) in [7, 11) is 0. The van der Waals surface area contributed by atoms with E-state index in [4.69, 9.17) is 5.21 Å². The van der Waals surface area contributed by atoms with Crippen molar-refractivity contribution in [3.8, 4) is 0 Å². The van der Waals surface area contributed by atoms with Crippen LogP contribution in [0.4, 0.5) is 0 Å². The lowest BCUT2D eigenvalue weighted by molar-refractivity contribution is 0.0706. The maximum atomic E-state index is 11.6. The van der Waals surface area contributed by atoms with E-state index >= 15 is 0 Å². The van der Waals surface area contributed by atoms with E-state index in [1.54, 1.807) is 11.5 Å². The van der Waals surface area contributed by atoms with Crippen LogP contribution in [0.1, 0.15) is 27.0 Å². The largest absolute Gasteiger partial charge is 0.298 e. The van der Waals surface area contributed by atoms with Crippen molar-refractivity contribution < 1.29 is 10.0 Å². The smallest absolute Gasteiger partial charge is 0.274 e. The van der Waals surface area contributed by atoms with Gasteiger partial charge < -0.3 is 0 Å². The predicted molar refractivity (Wildman–Crippen MR) is 102 cm³/mol. The number of nitrogens with zero attached hydrogens (tertiary/aromatic N) is 1. The fraction of sp³-hybridized carbons (Fsp3) is 0.227. The fourth-order valence-corrected chi connectivity index (χ4v) is 3.80. The van der Waals surface area contributed by atoms with Crippen LogP contribution in [0.2, 0.25) is 0 Å². The molecule has 4 rings (SSSR count). The highest BCUT2D eigenvalue weighted by Crippen LogP contribution is 2.23. The number of hydroxylamine groups is 1. The molecule has 0 aliphatic carbocycles. The Bertz CT molecular complexity index is 947. The highest BCUT2D eigenvalue weighted by Gasteiger charge is 2.18. The number of hydrogen-bond donors (Lipinski definition) is 2. The Hall–Kier alpha value is -2.69. The minimum Gasteiger partial charge on any atom is -0.298 e. The third kappa shape index (κ3) is 3.34. The number of amides is 1. The van der Waals surface area contributed by atoms with Gasteiger partial charge in [0.05, 0.1) is 0 Å². The first-order valence-corrected chi connectivity index (χ1v) is 9.00. The van der Waals surface area contributed by atoms with E-state index in [-0.39, 0.29) is 0 Å². The van der Waals surface area contributed by atoms with E-state index in [0.29, 0.717) is 5.56 Å². The molecule has 1 aliphatic rings. The van der Waals surface area contributed by atoms with Crippen molar-refractivity contribution in [2.45, 2.75) is 19.4 Å². The number of carbonyl (C=O) groups is 1. The van der Waals surface area contributed by atoms with Crippen molar-refractivity contribution in [3.05, 3.63) is 82.9 Å². The first-order chi connectivity index (χ1) is 12.7. The molecule has 4 nitrogen and oxygen atoms in total. The van der Waals surface area contributed by atoms with Gasteiger partial charge in [0, 0.05) is 25.2 Å². The van der Waals surface area contributed by atoms with Gasteiger partial charge in [0.1, 0.15) is 0 Å². The van der Waals surface area contributed by atoms with Crippen molar-refractivity contribution >= 4 is 16.7 Å². The second-order valence-corrected chi connectivity index (χ2v) is 6.84. The Morgan fingerprint density at radius 3 is 2.77 bits per heavy atom. The molecule has 0 bridgehead atoms. The SMILES string of the molecule is O=C(NO)c1ccc2c(c1)CCN(CCc1cccc3ccccc13)C2. The monoisotopic (exact) mass is 346 g/mol. The lowest BCUT2D eigenvalue weighted by Crippen LogP contribution is -2.32. The molecule has 0 atom stereocenters. The molecule has 26 heavy (non-hydrogen) atoms. The second kappa shape index (κ2) is 7.28. The molecule has 1 aliphatic heterocycles. The molecule has 0 fully saturated rings. The molecule has 0 spiro atoms. The number of nitrogens with one attached hydrogen (secondary N) is 1. The third-order valence-electron chi connectivity index (χ3n) is 5.24. The molecule has 0 radical (unpaired) electrons. The summed E-state index contributed by atoms with van der Waals surface area (Å²) in [6, 6.07) is 20.7. The molecule has 0 saturated carbocycles. The normalized spacial score (nSPS) is 14.2. The average molecular weight is 346 g/mol. The fourth-order valence-electron chi connectivity index (χ4n) is 3.80. The van der Waals surface area contributed by atoms with Gasteiger partial charge in [-0.3, -0.25) is 14.9 Å². The van der Waals surface area contributed by atoms with Crippen LogP contribution in [0.15, 0.2) is 60.7 Å². The summed E-state index contributed by atoms with van der Waals surface area (Å²) >= 11 is 0. The maximum absolute atomic E-state index is 11.6. The standard InChI is InChI=1S/C22H22N2O2/c25-22(23-26)19-8-9-20-15-24(13-11-18(20)14-19)12-10-17-6-3-5-16-4-1-2-7-21(16)17/h1-9,14,26H,10-13,15H2,(H,23,25). The molecule has 2 N–H and O–H groups in total. The molecular weight excluding hydrogens is 324 g/mol. The van der Waals surface area contributed by atoms with Gasteiger partial charge in [-0.05, 0) is 52.4 Å². The van der Waals surface area contributed by atoms with Crippen LogP contribution >= 0.6 is 0 Å². The van der Waals surface area contributed by atoms with E-state index in [1.165, 1.54) is 27.5 Å². The van der Waals surface area contributed by atoms with Crippen LogP contribution in [0, 0.1) is 0 Å². The summed E-state index contributed by atoms with van der Waals surface area (Å²) in [5, 5.41) is 11.4. The van der Waals surface area contributed by atoms with Gasteiger partial charge in [-0.15, -0.1) is 0 Å². The van der Waals surface area contributed by atoms with Crippen molar-refractivity contribution in [3.63, 3.8) is 0 Å². The van der Waals surface area contributed by atoms with E-state index < -0.39 is 5.91 Å². The minimum absolute atomic E-state index is 0.453. The van der Waals surface area contributed by atoms with E-state index in [2.05, 4.69) is 47.4 Å². The van der Waals surface area contributed by atoms with Gasteiger partial charge in [-0.25, -0.2) is 5.48 Å². The zero-order chi connectivity index (χ0) is 17.9. The highest BCUT2D eigenvalue weighted by molar-refractivity contribution is 5.93. The Morgan fingerprint density at radius 1 is 1.04 bits per heavy atom. The van der Waals surface area contributed by atoms with Crippen LogP contribution in [0.3, 0.4) is 0 Å². The van der Waals surface area contributed by atoms with E-state index in [9.17, 15) is 4.79 Å². The first-order valence-electron chi connectivity index (χ1n) is 9.00. The van der Waals surface area contributed by atoms with Crippen molar-refractivity contribution in [1.29, 1.82) is 0 Å². The number of rotatable bonds is 4. The Kier molecular flexibility index (Phi) is 4.69. The minimum atomic E-state index is -0.453. The molecule has 0 saturated heterocycles. The summed E-state index contributed by atoms with van der Waals surface area (Å²) in [6.45, 7) is 2.91. The first kappa shape index (κ1) is 16.8. The zero-order valence-corrected chi connectivity index (χ0v) is 14.6. The van der Waals surface area contributed by atoms with Gasteiger partial charge in [-0.1, -0.05) is 48.5 Å². The topological polar surface area (TPSA) is 52.6 Å². The molecular formula is C22H22N2O2. The Morgan fingerprint density at radius 2 is 1.88 bits per heavy atom. The predicted octanol–water partition coefficient (Wildman–Crippen LogP) is 3.56. The molecule has 1 amide bonds. The Balaban J connectivity index is 1.45.